The lowest BCUT2D eigenvalue weighted by Crippen LogP contribution is -2.56. The fraction of sp³-hybridized carbons (Fsp3) is 0.421. The number of hydrogen-bond acceptors (Lipinski definition) is 4. The molecule has 0 radical (unpaired) electrons. The van der Waals surface area contributed by atoms with E-state index in [9.17, 15) is 14.3 Å². The van der Waals surface area contributed by atoms with Gasteiger partial charge in [-0.3, -0.25) is 0 Å². The summed E-state index contributed by atoms with van der Waals surface area (Å²) in [6.45, 7) is 17.7. The number of carbonyl (C=O) groups is 1. The minimum atomic E-state index is -2.38. The molecule has 0 spiro atoms. The fourth-order valence-electron chi connectivity index (χ4n) is 5.49. The highest BCUT2D eigenvalue weighted by Gasteiger charge is 2.42. The third kappa shape index (κ3) is 9.61. The van der Waals surface area contributed by atoms with Gasteiger partial charge >= 0.3 is 6.09 Å². The second-order valence-electron chi connectivity index (χ2n) is 15.1. The first kappa shape index (κ1) is 37.0. The highest BCUT2D eigenvalue weighted by atomic mass is 28.4. The van der Waals surface area contributed by atoms with Crippen LogP contribution in [0.4, 0.5) is 13.6 Å². The summed E-state index contributed by atoms with van der Waals surface area (Å²) in [5, 5.41) is 16.0. The van der Waals surface area contributed by atoms with Crippen LogP contribution in [0.5, 0.6) is 0 Å². The molecule has 0 aliphatic rings. The zero-order chi connectivity index (χ0) is 35.3. The number of halogens is 2. The number of amides is 1. The zero-order valence-electron chi connectivity index (χ0n) is 29.4. The third-order valence-electron chi connectivity index (χ3n) is 9.17. The van der Waals surface area contributed by atoms with Crippen LogP contribution in [0.15, 0.2) is 85.1 Å². The molecule has 7 nitrogen and oxygen atoms in total. The summed E-state index contributed by atoms with van der Waals surface area (Å²) < 4.78 is 38.5. The summed E-state index contributed by atoms with van der Waals surface area (Å²) in [4.78, 5) is 16.8. The second kappa shape index (κ2) is 15.1. The molecule has 1 heterocycles. The SMILES string of the molecule is CC(C)(C)[C@@H](NC(Cc1ccccc1)C(CNC(=O)O)O[Si](C)(C)C(C)(C)C)c1nc(-c2cc(F)ccc2F)cn1Cc1ccccc1. The van der Waals surface area contributed by atoms with Crippen molar-refractivity contribution in [3.8, 4) is 11.3 Å². The van der Waals surface area contributed by atoms with Crippen molar-refractivity contribution in [3.05, 3.63) is 114 Å². The molecule has 1 aromatic heterocycles. The Morgan fingerprint density at radius 3 is 2.10 bits per heavy atom. The van der Waals surface area contributed by atoms with Gasteiger partial charge in [0.15, 0.2) is 8.32 Å². The van der Waals surface area contributed by atoms with Gasteiger partial charge in [-0.25, -0.2) is 18.6 Å². The Balaban J connectivity index is 1.87. The molecule has 0 aliphatic heterocycles. The van der Waals surface area contributed by atoms with Crippen molar-refractivity contribution in [2.24, 2.45) is 5.41 Å². The van der Waals surface area contributed by atoms with Gasteiger partial charge in [0, 0.05) is 30.9 Å². The van der Waals surface area contributed by atoms with E-state index in [4.69, 9.17) is 9.41 Å². The monoisotopic (exact) mass is 676 g/mol. The number of aromatic nitrogens is 2. The third-order valence-corrected chi connectivity index (χ3v) is 13.7. The molecule has 10 heteroatoms. The molecule has 3 N–H and O–H groups in total. The van der Waals surface area contributed by atoms with Crippen molar-refractivity contribution in [2.75, 3.05) is 6.54 Å². The van der Waals surface area contributed by atoms with Crippen molar-refractivity contribution in [1.82, 2.24) is 20.2 Å². The summed E-state index contributed by atoms with van der Waals surface area (Å²) in [5.41, 5.74) is 2.09. The van der Waals surface area contributed by atoms with E-state index in [1.807, 2.05) is 53.1 Å². The van der Waals surface area contributed by atoms with Crippen LogP contribution in [0.2, 0.25) is 18.1 Å². The molecule has 4 aromatic rings. The number of nitrogens with one attached hydrogen (secondary N) is 2. The van der Waals surface area contributed by atoms with E-state index in [-0.39, 0.29) is 23.2 Å². The molecular formula is C38H50F2N4O3Si. The minimum Gasteiger partial charge on any atom is -0.465 e. The summed E-state index contributed by atoms with van der Waals surface area (Å²) in [6.07, 6.45) is 0.691. The van der Waals surface area contributed by atoms with E-state index in [2.05, 4.69) is 77.4 Å². The number of benzene rings is 3. The van der Waals surface area contributed by atoms with Crippen molar-refractivity contribution in [1.29, 1.82) is 0 Å². The van der Waals surface area contributed by atoms with Gasteiger partial charge in [-0.1, -0.05) is 102 Å². The molecule has 0 aliphatic carbocycles. The lowest BCUT2D eigenvalue weighted by atomic mass is 9.84. The van der Waals surface area contributed by atoms with Crippen LogP contribution in [0.1, 0.15) is 64.5 Å². The molecule has 4 rings (SSSR count). The highest BCUT2D eigenvalue weighted by molar-refractivity contribution is 6.74. The molecule has 0 bridgehead atoms. The number of carboxylic acid groups (broad SMARTS) is 1. The molecule has 258 valence electrons. The van der Waals surface area contributed by atoms with Crippen LogP contribution in [-0.4, -0.2) is 47.8 Å². The van der Waals surface area contributed by atoms with E-state index in [0.717, 1.165) is 23.3 Å². The Labute approximate surface area is 284 Å². The Morgan fingerprint density at radius 1 is 0.938 bits per heavy atom. The number of nitrogens with zero attached hydrogens (tertiary/aromatic N) is 2. The van der Waals surface area contributed by atoms with E-state index in [1.165, 1.54) is 6.07 Å². The van der Waals surface area contributed by atoms with Crippen LogP contribution in [0.25, 0.3) is 11.3 Å². The largest absolute Gasteiger partial charge is 0.465 e. The Hall–Kier alpha value is -3.86. The van der Waals surface area contributed by atoms with E-state index >= 15 is 4.39 Å². The van der Waals surface area contributed by atoms with Crippen LogP contribution >= 0.6 is 0 Å². The normalized spacial score (nSPS) is 14.4. The maximum atomic E-state index is 15.1. The molecule has 0 saturated heterocycles. The Morgan fingerprint density at radius 2 is 1.54 bits per heavy atom. The van der Waals surface area contributed by atoms with Gasteiger partial charge in [-0.2, -0.15) is 0 Å². The van der Waals surface area contributed by atoms with Crippen molar-refractivity contribution in [3.63, 3.8) is 0 Å². The van der Waals surface area contributed by atoms with Crippen LogP contribution in [0, 0.1) is 17.0 Å². The van der Waals surface area contributed by atoms with E-state index < -0.39 is 43.6 Å². The van der Waals surface area contributed by atoms with E-state index in [1.54, 1.807) is 6.20 Å². The maximum Gasteiger partial charge on any atom is 0.404 e. The molecule has 0 fully saturated rings. The topological polar surface area (TPSA) is 88.4 Å². The van der Waals surface area contributed by atoms with E-state index in [0.29, 0.717) is 24.5 Å². The first-order valence-electron chi connectivity index (χ1n) is 16.5. The number of hydrogen-bond donors (Lipinski definition) is 3. The summed E-state index contributed by atoms with van der Waals surface area (Å²) >= 11 is 0. The van der Waals surface area contributed by atoms with Gasteiger partial charge in [0.25, 0.3) is 0 Å². The van der Waals surface area contributed by atoms with Gasteiger partial charge < -0.3 is 24.7 Å². The predicted molar refractivity (Wildman–Crippen MR) is 190 cm³/mol. The zero-order valence-corrected chi connectivity index (χ0v) is 30.4. The molecular weight excluding hydrogens is 627 g/mol. The van der Waals surface area contributed by atoms with Crippen LogP contribution in [-0.2, 0) is 17.4 Å². The number of imidazole rings is 1. The van der Waals surface area contributed by atoms with Gasteiger partial charge in [-0.15, -0.1) is 0 Å². The Bertz CT molecular complexity index is 1650. The van der Waals surface area contributed by atoms with Crippen LogP contribution in [0.3, 0.4) is 0 Å². The molecule has 0 saturated carbocycles. The summed E-state index contributed by atoms with van der Waals surface area (Å²) in [5.74, 6) is -0.451. The van der Waals surface area contributed by atoms with Crippen molar-refractivity contribution in [2.45, 2.75) is 90.8 Å². The van der Waals surface area contributed by atoms with Gasteiger partial charge in [-0.05, 0) is 59.3 Å². The maximum absolute atomic E-state index is 15.1. The van der Waals surface area contributed by atoms with Gasteiger partial charge in [0.05, 0.1) is 17.8 Å². The quantitative estimate of drug-likeness (QED) is 0.123. The standard InChI is InChI=1S/C38H50F2N4O3Si/c1-37(2,3)34(35-43-32(29-22-28(39)19-20-30(29)40)25-44(35)24-27-17-13-10-14-18-27)42-31(21-26-15-11-9-12-16-26)33(23-41-36(45)46)47-48(7,8)38(4,5)6/h9-20,22,25,31,33-34,41-42H,21,23-24H2,1-8H3,(H,45,46)/t31?,33?,34-/m0/s1. The fourth-order valence-corrected chi connectivity index (χ4v) is 6.85. The molecule has 3 atom stereocenters. The molecule has 2 unspecified atom stereocenters. The Kier molecular flexibility index (Phi) is 11.7. The van der Waals surface area contributed by atoms with Gasteiger partial charge in [0.1, 0.15) is 17.5 Å². The van der Waals surface area contributed by atoms with Gasteiger partial charge in [0.2, 0.25) is 0 Å². The molecule has 3 aromatic carbocycles. The lowest BCUT2D eigenvalue weighted by Gasteiger charge is -2.43. The minimum absolute atomic E-state index is 0.0846. The first-order chi connectivity index (χ1) is 22.4. The number of rotatable bonds is 13. The van der Waals surface area contributed by atoms with Crippen LogP contribution < -0.4 is 10.6 Å². The average molecular weight is 677 g/mol. The average Bonchev–Trinajstić information content (AvgIpc) is 3.41. The lowest BCUT2D eigenvalue weighted by molar-refractivity contribution is 0.106. The summed E-state index contributed by atoms with van der Waals surface area (Å²) in [7, 11) is -2.38. The van der Waals surface area contributed by atoms with Crippen molar-refractivity contribution < 1.29 is 23.1 Å². The second-order valence-corrected chi connectivity index (χ2v) is 19.8. The highest BCUT2D eigenvalue weighted by Crippen LogP contribution is 2.39. The smallest absolute Gasteiger partial charge is 0.404 e. The first-order valence-corrected chi connectivity index (χ1v) is 19.4. The predicted octanol–water partition coefficient (Wildman–Crippen LogP) is 8.82. The summed E-state index contributed by atoms with van der Waals surface area (Å²) in [6, 6.07) is 22.6. The molecule has 48 heavy (non-hydrogen) atoms. The molecule has 1 amide bonds. The van der Waals surface area contributed by atoms with Crippen molar-refractivity contribution >= 4 is 14.4 Å².